The van der Waals surface area contributed by atoms with Crippen molar-refractivity contribution < 1.29 is 19.0 Å². The molecule has 4 rings (SSSR count). The lowest BCUT2D eigenvalue weighted by molar-refractivity contribution is 0.0998. The first-order valence-corrected chi connectivity index (χ1v) is 10.3. The second-order valence-electron chi connectivity index (χ2n) is 6.86. The normalized spacial score (nSPS) is 13.7. The maximum atomic E-state index is 12.7. The maximum absolute atomic E-state index is 12.7. The molecule has 0 atom stereocenters. The number of thiazole rings is 1. The Morgan fingerprint density at radius 3 is 2.59 bits per heavy atom. The van der Waals surface area contributed by atoms with Crippen LogP contribution in [0.25, 0.3) is 10.2 Å². The molecule has 1 aliphatic heterocycles. The lowest BCUT2D eigenvalue weighted by atomic mass is 10.2. The Balaban J connectivity index is 1.73. The quantitative estimate of drug-likeness (QED) is 0.592. The number of carbonyl (C=O) groups excluding carboxylic acids is 1. The van der Waals surface area contributed by atoms with Crippen molar-refractivity contribution in [2.45, 2.75) is 26.5 Å². The fourth-order valence-corrected chi connectivity index (χ4v) is 4.14. The summed E-state index contributed by atoms with van der Waals surface area (Å²) in [6, 6.07) is 10.9. The number of amides is 1. The Morgan fingerprint density at radius 1 is 1.24 bits per heavy atom. The van der Waals surface area contributed by atoms with Crippen molar-refractivity contribution in [2.24, 2.45) is 4.99 Å². The molecule has 1 aromatic heterocycles. The van der Waals surface area contributed by atoms with Crippen LogP contribution in [0.15, 0.2) is 54.0 Å². The molecule has 0 saturated heterocycles. The number of allylic oxidation sites excluding steroid dienone is 1. The second kappa shape index (κ2) is 8.13. The van der Waals surface area contributed by atoms with Crippen molar-refractivity contribution in [2.75, 3.05) is 13.2 Å². The monoisotopic (exact) mass is 410 g/mol. The molecule has 2 aromatic carbocycles. The van der Waals surface area contributed by atoms with Gasteiger partial charge in [-0.15, -0.1) is 6.58 Å². The van der Waals surface area contributed by atoms with E-state index < -0.39 is 0 Å². The topological polar surface area (TPSA) is 62.1 Å². The Labute approximate surface area is 172 Å². The van der Waals surface area contributed by atoms with Gasteiger partial charge < -0.3 is 18.8 Å². The van der Waals surface area contributed by atoms with Crippen molar-refractivity contribution >= 4 is 27.5 Å². The minimum Gasteiger partial charge on any atom is -0.491 e. The van der Waals surface area contributed by atoms with Gasteiger partial charge >= 0.3 is 0 Å². The molecule has 6 nitrogen and oxygen atoms in total. The molecule has 0 bridgehead atoms. The van der Waals surface area contributed by atoms with Gasteiger partial charge in [0.1, 0.15) is 19.0 Å². The van der Waals surface area contributed by atoms with Crippen LogP contribution in [0.4, 0.5) is 0 Å². The van der Waals surface area contributed by atoms with Gasteiger partial charge in [-0.05, 0) is 38.1 Å². The highest BCUT2D eigenvalue weighted by atomic mass is 32.1. The SMILES string of the molecule is C=CCn1c(=NC(=O)c2ccc(OC(C)C)cc2)sc2cc3c(cc21)OCCO3. The molecule has 0 radical (unpaired) electrons. The predicted octanol–water partition coefficient (Wildman–Crippen LogP) is 4.19. The minimum atomic E-state index is -0.303. The average molecular weight is 410 g/mol. The van der Waals surface area contributed by atoms with E-state index in [1.54, 1.807) is 30.3 Å². The first-order chi connectivity index (χ1) is 14.0. The van der Waals surface area contributed by atoms with Crippen LogP contribution in [0.5, 0.6) is 17.2 Å². The highest BCUT2D eigenvalue weighted by Gasteiger charge is 2.16. The fraction of sp³-hybridized carbons (Fsp3) is 0.273. The molecule has 0 saturated carbocycles. The van der Waals surface area contributed by atoms with Crippen molar-refractivity contribution in [1.29, 1.82) is 0 Å². The van der Waals surface area contributed by atoms with Gasteiger partial charge in [0.15, 0.2) is 16.3 Å². The molecule has 0 aliphatic carbocycles. The number of fused-ring (bicyclic) bond motifs is 2. The second-order valence-corrected chi connectivity index (χ2v) is 7.86. The van der Waals surface area contributed by atoms with Crippen LogP contribution in [0, 0.1) is 0 Å². The molecular formula is C22H22N2O4S. The van der Waals surface area contributed by atoms with E-state index in [2.05, 4.69) is 11.6 Å². The van der Waals surface area contributed by atoms with Gasteiger partial charge in [0.05, 0.1) is 16.3 Å². The van der Waals surface area contributed by atoms with Gasteiger partial charge in [0, 0.05) is 24.2 Å². The summed E-state index contributed by atoms with van der Waals surface area (Å²) in [6.07, 6.45) is 1.86. The number of benzene rings is 2. The number of carbonyl (C=O) groups is 1. The summed E-state index contributed by atoms with van der Waals surface area (Å²) in [4.78, 5) is 17.7. The van der Waals surface area contributed by atoms with E-state index in [1.165, 1.54) is 11.3 Å². The molecule has 0 N–H and O–H groups in total. The zero-order chi connectivity index (χ0) is 20.4. The van der Waals surface area contributed by atoms with E-state index in [-0.39, 0.29) is 12.0 Å². The predicted molar refractivity (Wildman–Crippen MR) is 113 cm³/mol. The fourth-order valence-electron chi connectivity index (χ4n) is 3.10. The smallest absolute Gasteiger partial charge is 0.279 e. The summed E-state index contributed by atoms with van der Waals surface area (Å²) >= 11 is 1.44. The van der Waals surface area contributed by atoms with Crippen LogP contribution in [-0.2, 0) is 6.54 Å². The molecule has 3 aromatic rings. The Morgan fingerprint density at radius 2 is 1.93 bits per heavy atom. The van der Waals surface area contributed by atoms with E-state index in [1.807, 2.05) is 30.5 Å². The molecular weight excluding hydrogens is 388 g/mol. The van der Waals surface area contributed by atoms with Gasteiger partial charge in [-0.25, -0.2) is 0 Å². The minimum absolute atomic E-state index is 0.0800. The zero-order valence-electron chi connectivity index (χ0n) is 16.4. The molecule has 0 fully saturated rings. The van der Waals surface area contributed by atoms with Crippen molar-refractivity contribution in [1.82, 2.24) is 4.57 Å². The summed E-state index contributed by atoms with van der Waals surface area (Å²) in [5.41, 5.74) is 1.45. The van der Waals surface area contributed by atoms with Gasteiger partial charge in [-0.3, -0.25) is 4.79 Å². The van der Waals surface area contributed by atoms with Gasteiger partial charge in [-0.1, -0.05) is 17.4 Å². The zero-order valence-corrected chi connectivity index (χ0v) is 17.2. The number of hydrogen-bond donors (Lipinski definition) is 0. The lowest BCUT2D eigenvalue weighted by Gasteiger charge is -2.18. The maximum Gasteiger partial charge on any atom is 0.279 e. The third-order valence-electron chi connectivity index (χ3n) is 4.33. The summed E-state index contributed by atoms with van der Waals surface area (Å²) in [6.45, 7) is 9.34. The van der Waals surface area contributed by atoms with E-state index in [9.17, 15) is 4.79 Å². The van der Waals surface area contributed by atoms with E-state index in [4.69, 9.17) is 14.2 Å². The standard InChI is InChI=1S/C22H22N2O4S/c1-4-9-24-17-12-18-19(27-11-10-26-18)13-20(17)29-22(24)23-21(25)15-5-7-16(8-6-15)28-14(2)3/h4-8,12-14H,1,9-11H2,2-3H3. The van der Waals surface area contributed by atoms with Crippen molar-refractivity contribution in [3.05, 3.63) is 59.4 Å². The van der Waals surface area contributed by atoms with E-state index in [0.717, 1.165) is 21.7 Å². The van der Waals surface area contributed by atoms with Crippen LogP contribution >= 0.6 is 11.3 Å². The van der Waals surface area contributed by atoms with Gasteiger partial charge in [0.25, 0.3) is 5.91 Å². The van der Waals surface area contributed by atoms with Crippen LogP contribution < -0.4 is 19.0 Å². The molecule has 2 heterocycles. The number of nitrogens with zero attached hydrogens (tertiary/aromatic N) is 2. The summed E-state index contributed by atoms with van der Waals surface area (Å²) in [5.74, 6) is 1.85. The first kappa shape index (κ1) is 19.3. The van der Waals surface area contributed by atoms with Crippen LogP contribution in [0.2, 0.25) is 0 Å². The Hall–Kier alpha value is -3.06. The lowest BCUT2D eigenvalue weighted by Crippen LogP contribution is -2.17. The average Bonchev–Trinajstić information content (AvgIpc) is 3.02. The van der Waals surface area contributed by atoms with Crippen LogP contribution in [-0.4, -0.2) is 29.8 Å². The Bertz CT molecular complexity index is 1130. The summed E-state index contributed by atoms with van der Waals surface area (Å²) < 4.78 is 19.9. The number of ether oxygens (including phenoxy) is 3. The summed E-state index contributed by atoms with van der Waals surface area (Å²) in [5, 5.41) is 0. The molecule has 7 heteroatoms. The molecule has 29 heavy (non-hydrogen) atoms. The van der Waals surface area contributed by atoms with Crippen LogP contribution in [0.3, 0.4) is 0 Å². The van der Waals surface area contributed by atoms with E-state index in [0.29, 0.717) is 35.9 Å². The highest BCUT2D eigenvalue weighted by molar-refractivity contribution is 7.16. The van der Waals surface area contributed by atoms with Crippen molar-refractivity contribution in [3.8, 4) is 17.2 Å². The molecule has 1 amide bonds. The molecule has 0 spiro atoms. The van der Waals surface area contributed by atoms with Crippen molar-refractivity contribution in [3.63, 3.8) is 0 Å². The first-order valence-electron chi connectivity index (χ1n) is 9.45. The van der Waals surface area contributed by atoms with Gasteiger partial charge in [0.2, 0.25) is 0 Å². The number of rotatable bonds is 5. The molecule has 0 unspecified atom stereocenters. The van der Waals surface area contributed by atoms with Gasteiger partial charge in [-0.2, -0.15) is 4.99 Å². The third kappa shape index (κ3) is 4.05. The third-order valence-corrected chi connectivity index (χ3v) is 5.37. The van der Waals surface area contributed by atoms with Crippen LogP contribution in [0.1, 0.15) is 24.2 Å². The van der Waals surface area contributed by atoms with E-state index >= 15 is 0 Å². The molecule has 150 valence electrons. The highest BCUT2D eigenvalue weighted by Crippen LogP contribution is 2.35. The largest absolute Gasteiger partial charge is 0.491 e. The number of hydrogen-bond acceptors (Lipinski definition) is 5. The summed E-state index contributed by atoms with van der Waals surface area (Å²) in [7, 11) is 0. The molecule has 1 aliphatic rings. The number of aromatic nitrogens is 1. The Kier molecular flexibility index (Phi) is 5.40.